The largest absolute Gasteiger partial charge is 0.668 e. The van der Waals surface area contributed by atoms with E-state index in [4.69, 9.17) is 4.65 Å². The minimum Gasteiger partial charge on any atom is -0.668 e. The van der Waals surface area contributed by atoms with E-state index >= 15 is 0 Å². The van der Waals surface area contributed by atoms with E-state index in [-0.39, 0.29) is 46.9 Å². The van der Waals surface area contributed by atoms with Gasteiger partial charge in [-0.15, -0.1) is 0 Å². The Labute approximate surface area is 227 Å². The van der Waals surface area contributed by atoms with Crippen LogP contribution in [0.1, 0.15) is 12.8 Å². The van der Waals surface area contributed by atoms with Gasteiger partial charge >= 0.3 is 0 Å². The molecule has 4 rings (SSSR count). The number of allylic oxidation sites excluding steroid dienone is 8. The summed E-state index contributed by atoms with van der Waals surface area (Å²) in [6, 6.07) is 0. The first-order chi connectivity index (χ1) is 13.6. The Hall–Kier alpha value is 0.873. The Bertz CT molecular complexity index is 597. The minimum absolute atomic E-state index is 0. The van der Waals surface area contributed by atoms with Gasteiger partial charge in [0, 0.05) is 70.6 Å². The molecule has 4 aliphatic carbocycles. The summed E-state index contributed by atoms with van der Waals surface area (Å²) < 4.78 is 4.82. The molecular weight excluding hydrogens is 556 g/mol. The number of hydrogen-bond acceptors (Lipinski definition) is 0. The molecule has 0 amide bonds. The zero-order valence-corrected chi connectivity index (χ0v) is 22.8. The molecule has 30 heavy (non-hydrogen) atoms. The van der Waals surface area contributed by atoms with Crippen LogP contribution < -0.4 is 0 Å². The van der Waals surface area contributed by atoms with Crippen LogP contribution in [0.15, 0.2) is 48.6 Å². The van der Waals surface area contributed by atoms with Crippen molar-refractivity contribution in [2.45, 2.75) is 52.1 Å². The third-order valence-electron chi connectivity index (χ3n) is 4.88. The standard InChI is InChI=1S/C20H16.C6H18NSi2.Yb/c1-3-7-19-15(5-1)9-11-17(19)13-14-18-12-10-16-6-2-4-8-20(16)18;1-8(2,3)7-9(4,5)6;/h1-12H,13-14H2;1-6H3;/q;-1;. The molecule has 0 N–H and O–H groups in total. The van der Waals surface area contributed by atoms with E-state index in [2.05, 4.69) is 114 Å². The van der Waals surface area contributed by atoms with Crippen LogP contribution in [0.3, 0.4) is 0 Å². The first-order valence-corrected chi connectivity index (χ1v) is 17.5. The maximum atomic E-state index is 4.82. The molecule has 0 aromatic heterocycles. The summed E-state index contributed by atoms with van der Waals surface area (Å²) in [4.78, 5) is 0. The zero-order chi connectivity index (χ0) is 21.1. The SMILES string of the molecule is C[Si](C)(C)[N-][Si](C)(C)C.[CH]1[CH][C](CC[C]2[CH][CH][C]3C=CC=C[C]32)[C]2C=CC=C[C]12.[Yb]. The Morgan fingerprint density at radius 1 is 0.567 bits per heavy atom. The van der Waals surface area contributed by atoms with Gasteiger partial charge in [0.2, 0.25) is 0 Å². The Balaban J connectivity index is 0.000000277. The van der Waals surface area contributed by atoms with Crippen LogP contribution in [0, 0.1) is 108 Å². The van der Waals surface area contributed by atoms with E-state index in [1.807, 2.05) is 0 Å². The summed E-state index contributed by atoms with van der Waals surface area (Å²) in [5, 5.41) is 0. The van der Waals surface area contributed by atoms with Crippen LogP contribution in [0.4, 0.5) is 0 Å². The third kappa shape index (κ3) is 8.34. The number of nitrogens with zero attached hydrogens (tertiary/aromatic N) is 1. The molecule has 4 aliphatic rings. The molecule has 0 aliphatic heterocycles. The van der Waals surface area contributed by atoms with Gasteiger partial charge in [-0.3, -0.25) is 0 Å². The second kappa shape index (κ2) is 11.8. The fourth-order valence-electron chi connectivity index (χ4n) is 4.14. The van der Waals surface area contributed by atoms with Crippen molar-refractivity contribution in [2.75, 3.05) is 0 Å². The van der Waals surface area contributed by atoms with Gasteiger partial charge in [0.15, 0.2) is 0 Å². The first kappa shape index (κ1) is 27.1. The first-order valence-electron chi connectivity index (χ1n) is 10.6. The summed E-state index contributed by atoms with van der Waals surface area (Å²) in [5.74, 6) is 8.45. The van der Waals surface area contributed by atoms with Crippen LogP contribution in [-0.4, -0.2) is 16.5 Å². The van der Waals surface area contributed by atoms with E-state index in [1.54, 1.807) is 0 Å². The zero-order valence-electron chi connectivity index (χ0n) is 19.1. The molecule has 0 heterocycles. The van der Waals surface area contributed by atoms with Gasteiger partial charge in [0.05, 0.1) is 0 Å². The van der Waals surface area contributed by atoms with Gasteiger partial charge in [-0.25, -0.2) is 0 Å². The van der Waals surface area contributed by atoms with E-state index in [0.29, 0.717) is 0 Å². The molecule has 10 radical (unpaired) electrons. The normalized spacial score (nSPS) is 23.3. The van der Waals surface area contributed by atoms with Gasteiger partial charge < -0.3 is 4.65 Å². The smallest absolute Gasteiger partial charge is 0.0158 e. The molecule has 0 aromatic carbocycles. The number of rotatable bonds is 5. The molecule has 4 heteroatoms. The quantitative estimate of drug-likeness (QED) is 0.298. The van der Waals surface area contributed by atoms with E-state index in [1.165, 1.54) is 35.5 Å². The van der Waals surface area contributed by atoms with Crippen molar-refractivity contribution in [1.29, 1.82) is 0 Å². The maximum Gasteiger partial charge on any atom is 0.0158 e. The average Bonchev–Trinajstić information content (AvgIpc) is 3.21. The maximum absolute atomic E-state index is 4.82. The van der Waals surface area contributed by atoms with Crippen LogP contribution in [0.2, 0.25) is 39.3 Å². The van der Waals surface area contributed by atoms with Crippen LogP contribution in [0.25, 0.3) is 4.65 Å². The van der Waals surface area contributed by atoms with Crippen molar-refractivity contribution in [3.63, 3.8) is 0 Å². The Morgan fingerprint density at radius 2 is 0.933 bits per heavy atom. The molecule has 166 valence electrons. The average molecular weight is 590 g/mol. The molecule has 0 unspecified atom stereocenters. The molecule has 2 fully saturated rings. The fourth-order valence-corrected chi connectivity index (χ4v) is 12.2. The van der Waals surface area contributed by atoms with E-state index in [0.717, 1.165) is 12.8 Å². The predicted octanol–water partition coefficient (Wildman–Crippen LogP) is 7.34. The minimum atomic E-state index is -1.11. The van der Waals surface area contributed by atoms with Crippen LogP contribution in [0.5, 0.6) is 0 Å². The van der Waals surface area contributed by atoms with Crippen molar-refractivity contribution in [3.05, 3.63) is 114 Å². The molecular formula is C26H34NSi2Yb-. The number of fused-ring (bicyclic) bond motifs is 2. The summed E-state index contributed by atoms with van der Waals surface area (Å²) in [6.45, 7) is 13.8. The Morgan fingerprint density at radius 3 is 1.27 bits per heavy atom. The molecule has 0 bridgehead atoms. The Kier molecular flexibility index (Phi) is 10.7. The van der Waals surface area contributed by atoms with Crippen molar-refractivity contribution >= 4 is 16.5 Å². The molecule has 0 spiro atoms. The van der Waals surface area contributed by atoms with Gasteiger partial charge in [-0.2, -0.15) is 0 Å². The van der Waals surface area contributed by atoms with Gasteiger partial charge in [0.1, 0.15) is 0 Å². The summed E-state index contributed by atoms with van der Waals surface area (Å²) in [5.41, 5.74) is 0. The summed E-state index contributed by atoms with van der Waals surface area (Å²) in [7, 11) is -2.21. The topological polar surface area (TPSA) is 14.1 Å². The molecule has 0 atom stereocenters. The van der Waals surface area contributed by atoms with Crippen LogP contribution in [-0.2, 0) is 0 Å². The van der Waals surface area contributed by atoms with Gasteiger partial charge in [-0.05, 0) is 50.4 Å². The van der Waals surface area contributed by atoms with E-state index in [9.17, 15) is 0 Å². The predicted molar refractivity (Wildman–Crippen MR) is 133 cm³/mol. The number of hydrogen-bond donors (Lipinski definition) is 0. The molecule has 1 nitrogen and oxygen atoms in total. The molecule has 0 aromatic rings. The summed E-state index contributed by atoms with van der Waals surface area (Å²) >= 11 is 0. The van der Waals surface area contributed by atoms with Gasteiger partial charge in [-0.1, -0.05) is 104 Å². The van der Waals surface area contributed by atoms with Crippen molar-refractivity contribution in [2.24, 2.45) is 0 Å². The molecule has 0 saturated heterocycles. The van der Waals surface area contributed by atoms with Crippen molar-refractivity contribution < 1.29 is 46.9 Å². The van der Waals surface area contributed by atoms with Crippen molar-refractivity contribution in [3.8, 4) is 0 Å². The van der Waals surface area contributed by atoms with Gasteiger partial charge in [0.25, 0.3) is 0 Å². The second-order valence-corrected chi connectivity index (χ2v) is 19.4. The monoisotopic (exact) mass is 590 g/mol. The fraction of sp³-hybridized carbons (Fsp3) is 0.308. The second-order valence-electron chi connectivity index (χ2n) is 9.85. The summed E-state index contributed by atoms with van der Waals surface area (Å²) in [6.07, 6.45) is 28.5. The van der Waals surface area contributed by atoms with Crippen LogP contribution >= 0.6 is 0 Å². The van der Waals surface area contributed by atoms with Crippen molar-refractivity contribution in [1.82, 2.24) is 0 Å². The van der Waals surface area contributed by atoms with E-state index < -0.39 is 16.5 Å². The molecule has 2 saturated carbocycles. The third-order valence-corrected chi connectivity index (χ3v) is 10.2.